The minimum absolute atomic E-state index is 0.285. The van der Waals surface area contributed by atoms with Crippen LogP contribution in [0.4, 0.5) is 0 Å². The van der Waals surface area contributed by atoms with Crippen LogP contribution in [0.3, 0.4) is 0 Å². The van der Waals surface area contributed by atoms with Gasteiger partial charge in [-0.15, -0.1) is 0 Å². The fourth-order valence-electron chi connectivity index (χ4n) is 1.80. The molecule has 1 unspecified atom stereocenters. The largest absolute Gasteiger partial charge is 0.378 e. The molecule has 0 bridgehead atoms. The van der Waals surface area contributed by atoms with E-state index in [1.807, 2.05) is 6.07 Å². The van der Waals surface area contributed by atoms with Crippen LogP contribution < -0.4 is 0 Å². The summed E-state index contributed by atoms with van der Waals surface area (Å²) in [4.78, 5) is 8.66. The van der Waals surface area contributed by atoms with Crippen molar-refractivity contribution in [3.63, 3.8) is 0 Å². The summed E-state index contributed by atoms with van der Waals surface area (Å²) in [7, 11) is 0. The van der Waals surface area contributed by atoms with Gasteiger partial charge in [-0.05, 0) is 25.3 Å². The Kier molecular flexibility index (Phi) is 3.54. The second kappa shape index (κ2) is 4.90. The summed E-state index contributed by atoms with van der Waals surface area (Å²) in [5.41, 5.74) is 1.00. The minimum atomic E-state index is 0.285. The Bertz CT molecular complexity index is 337. The van der Waals surface area contributed by atoms with E-state index in [1.165, 1.54) is 0 Å². The Labute approximate surface area is 94.8 Å². The van der Waals surface area contributed by atoms with Crippen molar-refractivity contribution in [1.29, 1.82) is 0 Å². The molecule has 0 N–H and O–H groups in total. The van der Waals surface area contributed by atoms with Gasteiger partial charge in [0.05, 0.1) is 6.10 Å². The molecule has 1 aromatic heterocycles. The quantitative estimate of drug-likeness (QED) is 0.743. The summed E-state index contributed by atoms with van der Waals surface area (Å²) in [6, 6.07) is 1.82. The van der Waals surface area contributed by atoms with E-state index in [-0.39, 0.29) is 6.10 Å². The summed E-state index contributed by atoms with van der Waals surface area (Å²) in [5.74, 6) is 0.811. The number of aryl methyl sites for hydroxylation is 1. The summed E-state index contributed by atoms with van der Waals surface area (Å²) >= 11 is 5.92. The van der Waals surface area contributed by atoms with Gasteiger partial charge in [-0.25, -0.2) is 9.97 Å². The van der Waals surface area contributed by atoms with Crippen molar-refractivity contribution >= 4 is 11.6 Å². The lowest BCUT2D eigenvalue weighted by Crippen LogP contribution is -2.12. The molecule has 0 radical (unpaired) electrons. The molecule has 1 fully saturated rings. The number of nitrogens with zero attached hydrogens (tertiary/aromatic N) is 2. The van der Waals surface area contributed by atoms with Gasteiger partial charge in [-0.1, -0.05) is 18.5 Å². The van der Waals surface area contributed by atoms with Crippen LogP contribution >= 0.6 is 11.6 Å². The van der Waals surface area contributed by atoms with Crippen LogP contribution in [-0.4, -0.2) is 22.7 Å². The molecule has 3 nitrogen and oxygen atoms in total. The molecule has 82 valence electrons. The summed E-state index contributed by atoms with van der Waals surface area (Å²) in [6.45, 7) is 2.93. The number of halogens is 1. The van der Waals surface area contributed by atoms with E-state index >= 15 is 0 Å². The fourth-order valence-corrected chi connectivity index (χ4v) is 2.02. The van der Waals surface area contributed by atoms with E-state index in [0.717, 1.165) is 43.8 Å². The maximum absolute atomic E-state index is 5.92. The van der Waals surface area contributed by atoms with Gasteiger partial charge >= 0.3 is 0 Å². The normalized spacial score (nSPS) is 20.8. The molecule has 0 amide bonds. The van der Waals surface area contributed by atoms with Gasteiger partial charge in [-0.2, -0.15) is 0 Å². The van der Waals surface area contributed by atoms with Crippen molar-refractivity contribution in [2.45, 2.75) is 38.7 Å². The molecule has 1 aliphatic rings. The second-order valence-electron chi connectivity index (χ2n) is 3.79. The molecule has 0 spiro atoms. The van der Waals surface area contributed by atoms with E-state index in [2.05, 4.69) is 16.9 Å². The third kappa shape index (κ3) is 2.89. The van der Waals surface area contributed by atoms with E-state index in [1.54, 1.807) is 0 Å². The van der Waals surface area contributed by atoms with Crippen LogP contribution in [0.5, 0.6) is 0 Å². The van der Waals surface area contributed by atoms with E-state index < -0.39 is 0 Å². The van der Waals surface area contributed by atoms with Gasteiger partial charge in [0.2, 0.25) is 0 Å². The monoisotopic (exact) mass is 226 g/mol. The molecule has 1 atom stereocenters. The maximum atomic E-state index is 5.92. The van der Waals surface area contributed by atoms with Crippen LogP contribution in [0.15, 0.2) is 6.07 Å². The topological polar surface area (TPSA) is 35.0 Å². The average molecular weight is 227 g/mol. The molecular weight excluding hydrogens is 212 g/mol. The van der Waals surface area contributed by atoms with Crippen LogP contribution in [-0.2, 0) is 17.6 Å². The van der Waals surface area contributed by atoms with Crippen LogP contribution in [0.2, 0.25) is 5.15 Å². The first-order valence-corrected chi connectivity index (χ1v) is 5.79. The van der Waals surface area contributed by atoms with Gasteiger partial charge in [0.1, 0.15) is 11.0 Å². The fraction of sp³-hybridized carbons (Fsp3) is 0.636. The summed E-state index contributed by atoms with van der Waals surface area (Å²) in [5, 5.41) is 0.537. The van der Waals surface area contributed by atoms with Gasteiger partial charge in [0.25, 0.3) is 0 Å². The highest BCUT2D eigenvalue weighted by Gasteiger charge is 2.17. The molecule has 2 rings (SSSR count). The van der Waals surface area contributed by atoms with E-state index in [4.69, 9.17) is 16.3 Å². The molecule has 2 heterocycles. The van der Waals surface area contributed by atoms with Crippen molar-refractivity contribution in [2.75, 3.05) is 6.61 Å². The lowest BCUT2D eigenvalue weighted by Gasteiger charge is -2.08. The number of ether oxygens (including phenoxy) is 1. The lowest BCUT2D eigenvalue weighted by molar-refractivity contribution is 0.110. The molecule has 0 aromatic carbocycles. The van der Waals surface area contributed by atoms with E-state index in [0.29, 0.717) is 5.15 Å². The zero-order valence-electron chi connectivity index (χ0n) is 8.87. The molecule has 0 saturated carbocycles. The van der Waals surface area contributed by atoms with E-state index in [9.17, 15) is 0 Å². The lowest BCUT2D eigenvalue weighted by atomic mass is 10.2. The minimum Gasteiger partial charge on any atom is -0.378 e. The van der Waals surface area contributed by atoms with Crippen molar-refractivity contribution in [3.05, 3.63) is 22.7 Å². The smallest absolute Gasteiger partial charge is 0.133 e. The summed E-state index contributed by atoms with van der Waals surface area (Å²) < 4.78 is 5.55. The van der Waals surface area contributed by atoms with Crippen LogP contribution in [0.1, 0.15) is 31.3 Å². The molecule has 1 aliphatic heterocycles. The molecular formula is C11H15ClN2O. The Morgan fingerprint density at radius 2 is 2.40 bits per heavy atom. The number of hydrogen-bond donors (Lipinski definition) is 0. The van der Waals surface area contributed by atoms with Crippen molar-refractivity contribution in [2.24, 2.45) is 0 Å². The molecule has 1 saturated heterocycles. The maximum Gasteiger partial charge on any atom is 0.133 e. The molecule has 15 heavy (non-hydrogen) atoms. The third-order valence-corrected chi connectivity index (χ3v) is 2.78. The predicted molar refractivity (Wildman–Crippen MR) is 59.1 cm³/mol. The van der Waals surface area contributed by atoms with Crippen molar-refractivity contribution in [3.8, 4) is 0 Å². The highest BCUT2D eigenvalue weighted by molar-refractivity contribution is 6.29. The molecule has 0 aliphatic carbocycles. The van der Waals surface area contributed by atoms with Crippen LogP contribution in [0, 0.1) is 0 Å². The second-order valence-corrected chi connectivity index (χ2v) is 4.18. The molecule has 4 heteroatoms. The van der Waals surface area contributed by atoms with Crippen LogP contribution in [0.25, 0.3) is 0 Å². The first-order valence-electron chi connectivity index (χ1n) is 5.42. The zero-order valence-corrected chi connectivity index (χ0v) is 9.63. The zero-order chi connectivity index (χ0) is 10.7. The average Bonchev–Trinajstić information content (AvgIpc) is 2.69. The Balaban J connectivity index is 2.09. The van der Waals surface area contributed by atoms with Gasteiger partial charge < -0.3 is 4.74 Å². The highest BCUT2D eigenvalue weighted by atomic mass is 35.5. The Hall–Kier alpha value is -0.670. The highest BCUT2D eigenvalue weighted by Crippen LogP contribution is 2.17. The predicted octanol–water partition coefficient (Wildman–Crippen LogP) is 2.41. The van der Waals surface area contributed by atoms with Gasteiger partial charge in [0.15, 0.2) is 0 Å². The first kappa shape index (κ1) is 10.8. The first-order chi connectivity index (χ1) is 7.28. The SMILES string of the molecule is CCc1cc(Cl)nc(CC2CCCO2)n1. The van der Waals surface area contributed by atoms with Crippen molar-refractivity contribution in [1.82, 2.24) is 9.97 Å². The van der Waals surface area contributed by atoms with Gasteiger partial charge in [-0.3, -0.25) is 0 Å². The number of aromatic nitrogens is 2. The standard InChI is InChI=1S/C11H15ClN2O/c1-2-8-6-10(12)14-11(13-8)7-9-4-3-5-15-9/h6,9H,2-5,7H2,1H3. The summed E-state index contributed by atoms with van der Waals surface area (Å²) in [6.07, 6.45) is 4.21. The number of hydrogen-bond acceptors (Lipinski definition) is 3. The van der Waals surface area contributed by atoms with Gasteiger partial charge in [0, 0.05) is 18.7 Å². The molecule has 1 aromatic rings. The Morgan fingerprint density at radius 1 is 1.53 bits per heavy atom. The Morgan fingerprint density at radius 3 is 3.07 bits per heavy atom. The third-order valence-electron chi connectivity index (χ3n) is 2.59. The van der Waals surface area contributed by atoms with Crippen molar-refractivity contribution < 1.29 is 4.74 Å². The number of rotatable bonds is 3.